The summed E-state index contributed by atoms with van der Waals surface area (Å²) in [5.74, 6) is -0.141. The van der Waals surface area contributed by atoms with E-state index in [0.717, 1.165) is 24.3 Å². The molecule has 0 bridgehead atoms. The zero-order valence-electron chi connectivity index (χ0n) is 16.5. The van der Waals surface area contributed by atoms with Gasteiger partial charge in [0.05, 0.1) is 0 Å². The number of hydrogen-bond donors (Lipinski definition) is 0. The van der Waals surface area contributed by atoms with Crippen LogP contribution in [0.4, 0.5) is 8.78 Å². The second-order valence-corrected chi connectivity index (χ2v) is 7.82. The van der Waals surface area contributed by atoms with Crippen LogP contribution in [0.3, 0.4) is 0 Å². The van der Waals surface area contributed by atoms with Crippen LogP contribution in [0, 0.1) is 5.92 Å². The smallest absolute Gasteiger partial charge is 0.166 e. The van der Waals surface area contributed by atoms with Crippen LogP contribution < -0.4 is 0 Å². The number of hydrogen-bond acceptors (Lipinski definition) is 0. The van der Waals surface area contributed by atoms with Gasteiger partial charge >= 0.3 is 0 Å². The third-order valence-corrected chi connectivity index (χ3v) is 6.00. The Kier molecular flexibility index (Phi) is 6.82. The van der Waals surface area contributed by atoms with Crippen molar-refractivity contribution in [3.05, 3.63) is 70.8 Å². The molecule has 0 aromatic heterocycles. The second kappa shape index (κ2) is 9.30. The Bertz CT molecular complexity index is 748. The summed E-state index contributed by atoms with van der Waals surface area (Å²) in [6.45, 7) is 4.37. The Labute approximate surface area is 162 Å². The lowest BCUT2D eigenvalue weighted by atomic mass is 9.78. The molecule has 3 rings (SSSR count). The van der Waals surface area contributed by atoms with E-state index in [1.165, 1.54) is 37.7 Å². The fraction of sp³-hybridized carbons (Fsp3) is 0.440. The first-order valence-electron chi connectivity index (χ1n) is 10.4. The van der Waals surface area contributed by atoms with E-state index >= 15 is 0 Å². The van der Waals surface area contributed by atoms with Crippen LogP contribution in [0.15, 0.2) is 48.5 Å². The van der Waals surface area contributed by atoms with Crippen molar-refractivity contribution in [1.29, 1.82) is 0 Å². The first-order chi connectivity index (χ1) is 13.1. The van der Waals surface area contributed by atoms with E-state index < -0.39 is 11.7 Å². The summed E-state index contributed by atoms with van der Waals surface area (Å²) < 4.78 is 29.2. The molecule has 0 N–H and O–H groups in total. The van der Waals surface area contributed by atoms with Gasteiger partial charge in [0.25, 0.3) is 0 Å². The molecule has 27 heavy (non-hydrogen) atoms. The van der Waals surface area contributed by atoms with Gasteiger partial charge in [-0.15, -0.1) is 0 Å². The van der Waals surface area contributed by atoms with Crippen molar-refractivity contribution in [3.8, 4) is 0 Å². The molecule has 0 radical (unpaired) electrons. The standard InChI is InChI=1S/C25H30F2/c1-3-5-19-8-12-22(13-9-19)24(26)25(27)23-16-14-21(15-17-23)20-10-6-18(4-2)7-11-20/h8-9,12-18,20H,3-7,10-11H2,1-2H3/b25-24+. The average molecular weight is 369 g/mol. The Balaban J connectivity index is 1.72. The third kappa shape index (κ3) is 4.86. The normalized spacial score (nSPS) is 21.0. The van der Waals surface area contributed by atoms with E-state index in [2.05, 4.69) is 13.8 Å². The molecule has 2 aromatic carbocycles. The zero-order chi connectivity index (χ0) is 19.2. The maximum Gasteiger partial charge on any atom is 0.166 e. The van der Waals surface area contributed by atoms with Gasteiger partial charge in [0.15, 0.2) is 11.7 Å². The Morgan fingerprint density at radius 2 is 1.30 bits per heavy atom. The van der Waals surface area contributed by atoms with Crippen LogP contribution in [0.1, 0.15) is 80.5 Å². The molecule has 0 heterocycles. The summed E-state index contributed by atoms with van der Waals surface area (Å²) in [6, 6.07) is 14.5. The second-order valence-electron chi connectivity index (χ2n) is 7.82. The number of rotatable bonds is 6. The molecule has 2 heteroatoms. The van der Waals surface area contributed by atoms with Crippen molar-refractivity contribution in [1.82, 2.24) is 0 Å². The molecule has 144 valence electrons. The van der Waals surface area contributed by atoms with Crippen LogP contribution in [0.25, 0.3) is 11.7 Å². The number of halogens is 2. The Morgan fingerprint density at radius 3 is 1.78 bits per heavy atom. The lowest BCUT2D eigenvalue weighted by molar-refractivity contribution is 0.319. The number of benzene rings is 2. The minimum atomic E-state index is -0.783. The van der Waals surface area contributed by atoms with Crippen molar-refractivity contribution in [3.63, 3.8) is 0 Å². The number of aryl methyl sites for hydroxylation is 1. The average Bonchev–Trinajstić information content (AvgIpc) is 2.74. The van der Waals surface area contributed by atoms with Crippen LogP contribution in [-0.4, -0.2) is 0 Å². The molecule has 0 unspecified atom stereocenters. The van der Waals surface area contributed by atoms with E-state index in [1.807, 2.05) is 24.3 Å². The van der Waals surface area contributed by atoms with Gasteiger partial charge in [-0.3, -0.25) is 0 Å². The molecule has 1 saturated carbocycles. The van der Waals surface area contributed by atoms with E-state index in [0.29, 0.717) is 17.0 Å². The predicted molar refractivity (Wildman–Crippen MR) is 111 cm³/mol. The van der Waals surface area contributed by atoms with Crippen LogP contribution >= 0.6 is 0 Å². The molecule has 0 saturated heterocycles. The molecule has 1 aliphatic carbocycles. The van der Waals surface area contributed by atoms with Crippen LogP contribution in [0.5, 0.6) is 0 Å². The van der Waals surface area contributed by atoms with Crippen molar-refractivity contribution < 1.29 is 8.78 Å². The predicted octanol–water partition coefficient (Wildman–Crippen LogP) is 8.09. The summed E-state index contributed by atoms with van der Waals surface area (Å²) in [6.07, 6.45) is 8.22. The molecule has 1 fully saturated rings. The van der Waals surface area contributed by atoms with Gasteiger partial charge in [-0.05, 0) is 55.1 Å². The molecule has 0 atom stereocenters. The first kappa shape index (κ1) is 19.8. The fourth-order valence-electron chi connectivity index (χ4n) is 4.17. The Morgan fingerprint density at radius 1 is 0.778 bits per heavy atom. The molecule has 0 nitrogen and oxygen atoms in total. The molecule has 2 aromatic rings. The summed E-state index contributed by atoms with van der Waals surface area (Å²) in [5.41, 5.74) is 3.02. The topological polar surface area (TPSA) is 0 Å². The molecule has 0 amide bonds. The molecule has 0 aliphatic heterocycles. The molecule has 1 aliphatic rings. The summed E-state index contributed by atoms with van der Waals surface area (Å²) in [5, 5.41) is 0. The van der Waals surface area contributed by atoms with Gasteiger partial charge in [0.1, 0.15) is 0 Å². The minimum absolute atomic E-state index is 0.300. The van der Waals surface area contributed by atoms with E-state index in [4.69, 9.17) is 0 Å². The maximum absolute atomic E-state index is 14.6. The van der Waals surface area contributed by atoms with Gasteiger partial charge in [0, 0.05) is 11.1 Å². The highest BCUT2D eigenvalue weighted by molar-refractivity contribution is 5.83. The minimum Gasteiger partial charge on any atom is -0.203 e. The monoisotopic (exact) mass is 368 g/mol. The van der Waals surface area contributed by atoms with Crippen molar-refractivity contribution in [2.75, 3.05) is 0 Å². The van der Waals surface area contributed by atoms with Crippen molar-refractivity contribution in [2.24, 2.45) is 5.92 Å². The van der Waals surface area contributed by atoms with Crippen molar-refractivity contribution >= 4 is 11.7 Å². The summed E-state index contributed by atoms with van der Waals surface area (Å²) >= 11 is 0. The maximum atomic E-state index is 14.6. The summed E-state index contributed by atoms with van der Waals surface area (Å²) in [7, 11) is 0. The lowest BCUT2D eigenvalue weighted by Gasteiger charge is -2.28. The fourth-order valence-corrected chi connectivity index (χ4v) is 4.17. The molecular weight excluding hydrogens is 338 g/mol. The highest BCUT2D eigenvalue weighted by atomic mass is 19.2. The van der Waals surface area contributed by atoms with Gasteiger partial charge in [-0.2, -0.15) is 0 Å². The van der Waals surface area contributed by atoms with E-state index in [-0.39, 0.29) is 0 Å². The zero-order valence-corrected chi connectivity index (χ0v) is 16.5. The van der Waals surface area contributed by atoms with Gasteiger partial charge < -0.3 is 0 Å². The molecule has 0 spiro atoms. The van der Waals surface area contributed by atoms with Gasteiger partial charge in [0.2, 0.25) is 0 Å². The third-order valence-electron chi connectivity index (χ3n) is 6.00. The SMILES string of the molecule is CCCc1ccc(/C(F)=C(\F)c2ccc(C3CCC(CC)CC3)cc2)cc1. The highest BCUT2D eigenvalue weighted by Crippen LogP contribution is 2.37. The van der Waals surface area contributed by atoms with Crippen LogP contribution in [-0.2, 0) is 6.42 Å². The molecular formula is C25H30F2. The Hall–Kier alpha value is -1.96. The lowest BCUT2D eigenvalue weighted by Crippen LogP contribution is -2.12. The van der Waals surface area contributed by atoms with Gasteiger partial charge in [-0.1, -0.05) is 75.2 Å². The van der Waals surface area contributed by atoms with Crippen molar-refractivity contribution in [2.45, 2.75) is 64.7 Å². The quantitative estimate of drug-likeness (QED) is 0.452. The highest BCUT2D eigenvalue weighted by Gasteiger charge is 2.21. The van der Waals surface area contributed by atoms with Crippen LogP contribution in [0.2, 0.25) is 0 Å². The first-order valence-corrected chi connectivity index (χ1v) is 10.4. The summed E-state index contributed by atoms with van der Waals surface area (Å²) in [4.78, 5) is 0. The largest absolute Gasteiger partial charge is 0.203 e. The van der Waals surface area contributed by atoms with E-state index in [1.54, 1.807) is 24.3 Å². The van der Waals surface area contributed by atoms with Gasteiger partial charge in [-0.25, -0.2) is 8.78 Å². The van der Waals surface area contributed by atoms with E-state index in [9.17, 15) is 8.78 Å².